The molecule has 0 spiro atoms. The van der Waals surface area contributed by atoms with Crippen LogP contribution in [0.25, 0.3) is 0 Å². The molecule has 3 aromatic rings. The highest BCUT2D eigenvalue weighted by atomic mass is 35.5. The Morgan fingerprint density at radius 3 is 2.74 bits per heavy atom. The van der Waals surface area contributed by atoms with E-state index in [9.17, 15) is 0 Å². The first-order chi connectivity index (χ1) is 11.2. The van der Waals surface area contributed by atoms with Crippen molar-refractivity contribution < 1.29 is 0 Å². The number of nitrogens with one attached hydrogen (secondary N) is 1. The lowest BCUT2D eigenvalue weighted by Crippen LogP contribution is -2.04. The Kier molecular flexibility index (Phi) is 5.20. The molecule has 118 valence electrons. The van der Waals surface area contributed by atoms with Gasteiger partial charge in [-0.2, -0.15) is 0 Å². The monoisotopic (exact) mass is 344 g/mol. The minimum Gasteiger partial charge on any atom is -0.364 e. The van der Waals surface area contributed by atoms with E-state index in [1.54, 1.807) is 17.4 Å². The molecule has 23 heavy (non-hydrogen) atoms. The summed E-state index contributed by atoms with van der Waals surface area (Å²) >= 11 is 7.68. The maximum atomic E-state index is 6.00. The van der Waals surface area contributed by atoms with Crippen molar-refractivity contribution in [2.75, 3.05) is 5.32 Å². The van der Waals surface area contributed by atoms with E-state index in [0.717, 1.165) is 35.2 Å². The summed E-state index contributed by atoms with van der Waals surface area (Å²) < 4.78 is 0. The Bertz CT molecular complexity index is 773. The molecular weight excluding hydrogens is 328 g/mol. The van der Waals surface area contributed by atoms with Crippen LogP contribution in [0, 0.1) is 0 Å². The summed E-state index contributed by atoms with van der Waals surface area (Å²) in [5.41, 5.74) is 2.28. The number of aryl methyl sites for hydroxylation is 1. The number of hydrogen-bond donors (Lipinski definition) is 1. The lowest BCUT2D eigenvalue weighted by molar-refractivity contribution is 0.927. The molecule has 0 fully saturated rings. The van der Waals surface area contributed by atoms with Gasteiger partial charge in [0.05, 0.1) is 17.2 Å². The molecule has 0 saturated heterocycles. The first-order valence-corrected chi connectivity index (χ1v) is 8.73. The van der Waals surface area contributed by atoms with Crippen LogP contribution in [0.3, 0.4) is 0 Å². The first kappa shape index (κ1) is 15.9. The molecule has 1 N–H and O–H groups in total. The molecule has 0 aliphatic heterocycles. The lowest BCUT2D eigenvalue weighted by atomic mass is 10.2. The van der Waals surface area contributed by atoms with Gasteiger partial charge in [-0.25, -0.2) is 15.0 Å². The molecule has 6 heteroatoms. The maximum absolute atomic E-state index is 6.00. The minimum atomic E-state index is 0.461. The van der Waals surface area contributed by atoms with Gasteiger partial charge in [0, 0.05) is 24.3 Å². The SMILES string of the molecule is CCc1nc(Cl)cc(NCc2csc(Cc3ccccc3)n2)n1. The van der Waals surface area contributed by atoms with Crippen molar-refractivity contribution in [3.63, 3.8) is 0 Å². The van der Waals surface area contributed by atoms with Crippen LogP contribution in [0.2, 0.25) is 5.15 Å². The molecule has 0 saturated carbocycles. The van der Waals surface area contributed by atoms with Gasteiger partial charge in [-0.1, -0.05) is 48.9 Å². The average Bonchev–Trinajstić information content (AvgIpc) is 3.01. The van der Waals surface area contributed by atoms with Crippen LogP contribution in [0.5, 0.6) is 0 Å². The number of aromatic nitrogens is 3. The van der Waals surface area contributed by atoms with Gasteiger partial charge in [0.15, 0.2) is 0 Å². The van der Waals surface area contributed by atoms with E-state index < -0.39 is 0 Å². The van der Waals surface area contributed by atoms with Gasteiger partial charge in [-0.05, 0) is 5.56 Å². The average molecular weight is 345 g/mol. The summed E-state index contributed by atoms with van der Waals surface area (Å²) in [6.45, 7) is 2.63. The molecule has 2 aromatic heterocycles. The molecule has 2 heterocycles. The summed E-state index contributed by atoms with van der Waals surface area (Å²) in [6.07, 6.45) is 1.62. The standard InChI is InChI=1S/C17H17ClN4S/c1-2-15-21-14(18)9-16(22-15)19-10-13-11-23-17(20-13)8-12-6-4-3-5-7-12/h3-7,9,11H,2,8,10H2,1H3,(H,19,21,22). The van der Waals surface area contributed by atoms with Gasteiger partial charge in [0.2, 0.25) is 0 Å². The molecule has 0 unspecified atom stereocenters. The van der Waals surface area contributed by atoms with Gasteiger partial charge in [-0.15, -0.1) is 11.3 Å². The Hall–Kier alpha value is -1.98. The van der Waals surface area contributed by atoms with E-state index in [2.05, 4.69) is 49.9 Å². The van der Waals surface area contributed by atoms with Crippen LogP contribution in [0.15, 0.2) is 41.8 Å². The summed E-state index contributed by atoms with van der Waals surface area (Å²) in [4.78, 5) is 13.2. The fraction of sp³-hybridized carbons (Fsp3) is 0.235. The van der Waals surface area contributed by atoms with E-state index in [-0.39, 0.29) is 0 Å². The number of rotatable bonds is 6. The molecule has 1 aromatic carbocycles. The van der Waals surface area contributed by atoms with Crippen molar-refractivity contribution >= 4 is 28.8 Å². The largest absolute Gasteiger partial charge is 0.364 e. The second kappa shape index (κ2) is 7.53. The Morgan fingerprint density at radius 1 is 1.13 bits per heavy atom. The zero-order valence-corrected chi connectivity index (χ0v) is 14.4. The molecule has 0 atom stereocenters. The maximum Gasteiger partial charge on any atom is 0.134 e. The van der Waals surface area contributed by atoms with E-state index in [1.165, 1.54) is 5.56 Å². The van der Waals surface area contributed by atoms with E-state index in [4.69, 9.17) is 11.6 Å². The zero-order chi connectivity index (χ0) is 16.1. The van der Waals surface area contributed by atoms with Crippen LogP contribution in [-0.2, 0) is 19.4 Å². The number of anilines is 1. The molecule has 4 nitrogen and oxygen atoms in total. The van der Waals surface area contributed by atoms with Crippen LogP contribution < -0.4 is 5.32 Å². The molecular formula is C17H17ClN4S. The Morgan fingerprint density at radius 2 is 1.96 bits per heavy atom. The summed E-state index contributed by atoms with van der Waals surface area (Å²) in [5.74, 6) is 1.47. The third-order valence-corrected chi connectivity index (χ3v) is 4.40. The van der Waals surface area contributed by atoms with Gasteiger partial charge < -0.3 is 5.32 Å². The Labute approximate surface area is 144 Å². The number of halogens is 1. The number of thiazole rings is 1. The summed E-state index contributed by atoms with van der Waals surface area (Å²) in [5, 5.41) is 6.91. The predicted molar refractivity (Wildman–Crippen MR) is 95.1 cm³/mol. The number of hydrogen-bond acceptors (Lipinski definition) is 5. The van der Waals surface area contributed by atoms with Crippen molar-refractivity contribution in [3.05, 3.63) is 69.0 Å². The van der Waals surface area contributed by atoms with E-state index >= 15 is 0 Å². The van der Waals surface area contributed by atoms with Crippen molar-refractivity contribution in [3.8, 4) is 0 Å². The molecule has 0 aliphatic rings. The summed E-state index contributed by atoms with van der Waals surface area (Å²) in [6, 6.07) is 12.1. The third-order valence-electron chi connectivity index (χ3n) is 3.31. The number of nitrogens with zero attached hydrogens (tertiary/aromatic N) is 3. The molecule has 0 aliphatic carbocycles. The lowest BCUT2D eigenvalue weighted by Gasteiger charge is -2.05. The normalized spacial score (nSPS) is 10.7. The van der Waals surface area contributed by atoms with Crippen molar-refractivity contribution in [1.82, 2.24) is 15.0 Å². The highest BCUT2D eigenvalue weighted by molar-refractivity contribution is 7.09. The molecule has 0 amide bonds. The second-order valence-electron chi connectivity index (χ2n) is 5.09. The molecule has 0 bridgehead atoms. The molecule has 3 rings (SSSR count). The summed E-state index contributed by atoms with van der Waals surface area (Å²) in [7, 11) is 0. The van der Waals surface area contributed by atoms with Crippen LogP contribution in [0.4, 0.5) is 5.82 Å². The van der Waals surface area contributed by atoms with Gasteiger partial charge in [0.1, 0.15) is 16.8 Å². The van der Waals surface area contributed by atoms with Crippen LogP contribution in [0.1, 0.15) is 29.0 Å². The molecule has 0 radical (unpaired) electrons. The van der Waals surface area contributed by atoms with Crippen molar-refractivity contribution in [2.24, 2.45) is 0 Å². The highest BCUT2D eigenvalue weighted by Gasteiger charge is 2.05. The van der Waals surface area contributed by atoms with Gasteiger partial charge >= 0.3 is 0 Å². The van der Waals surface area contributed by atoms with Crippen LogP contribution in [-0.4, -0.2) is 15.0 Å². The third kappa shape index (κ3) is 4.50. The predicted octanol–water partition coefficient (Wildman–Crippen LogP) is 4.35. The second-order valence-corrected chi connectivity index (χ2v) is 6.42. The zero-order valence-electron chi connectivity index (χ0n) is 12.8. The topological polar surface area (TPSA) is 50.7 Å². The van der Waals surface area contributed by atoms with Crippen LogP contribution >= 0.6 is 22.9 Å². The van der Waals surface area contributed by atoms with Crippen molar-refractivity contribution in [1.29, 1.82) is 0 Å². The van der Waals surface area contributed by atoms with Crippen molar-refractivity contribution in [2.45, 2.75) is 26.3 Å². The smallest absolute Gasteiger partial charge is 0.134 e. The minimum absolute atomic E-state index is 0.461. The highest BCUT2D eigenvalue weighted by Crippen LogP contribution is 2.17. The quantitative estimate of drug-likeness (QED) is 0.675. The van der Waals surface area contributed by atoms with E-state index in [0.29, 0.717) is 11.7 Å². The Balaban J connectivity index is 1.62. The number of benzene rings is 1. The fourth-order valence-corrected chi connectivity index (χ4v) is 3.21. The van der Waals surface area contributed by atoms with Gasteiger partial charge in [0.25, 0.3) is 0 Å². The first-order valence-electron chi connectivity index (χ1n) is 7.47. The van der Waals surface area contributed by atoms with E-state index in [1.807, 2.05) is 13.0 Å². The van der Waals surface area contributed by atoms with Gasteiger partial charge in [-0.3, -0.25) is 0 Å². The fourth-order valence-electron chi connectivity index (χ4n) is 2.18.